The zero-order chi connectivity index (χ0) is 28.2. The smallest absolute Gasteiger partial charge is 0.266 e. The fourth-order valence-corrected chi connectivity index (χ4v) is 5.56. The van der Waals surface area contributed by atoms with Crippen molar-refractivity contribution in [3.8, 4) is 23.0 Å². The number of nitrogens with zero attached hydrogens (tertiary/aromatic N) is 2. The summed E-state index contributed by atoms with van der Waals surface area (Å²) in [6.07, 6.45) is 2.28. The van der Waals surface area contributed by atoms with E-state index in [1.54, 1.807) is 43.5 Å². The quantitative estimate of drug-likeness (QED) is 0.221. The molecule has 0 atom stereocenters. The van der Waals surface area contributed by atoms with Crippen LogP contribution in [0.25, 0.3) is 0 Å². The molecule has 0 unspecified atom stereocenters. The molecule has 0 radical (unpaired) electrons. The van der Waals surface area contributed by atoms with Crippen LogP contribution in [-0.4, -0.2) is 50.1 Å². The molecule has 2 amide bonds. The molecule has 0 aromatic heterocycles. The number of methoxy groups -OCH3 is 1. The average molecular weight is 549 g/mol. The van der Waals surface area contributed by atoms with Gasteiger partial charge in [-0.3, -0.25) is 14.5 Å². The third kappa shape index (κ3) is 5.67. The van der Waals surface area contributed by atoms with E-state index in [4.69, 9.17) is 14.2 Å². The summed E-state index contributed by atoms with van der Waals surface area (Å²) < 4.78 is 17.5. The van der Waals surface area contributed by atoms with Crippen molar-refractivity contribution in [1.82, 2.24) is 4.90 Å². The lowest BCUT2D eigenvalue weighted by Crippen LogP contribution is -2.35. The van der Waals surface area contributed by atoms with Crippen molar-refractivity contribution in [3.63, 3.8) is 0 Å². The van der Waals surface area contributed by atoms with Gasteiger partial charge in [0.25, 0.3) is 11.8 Å². The molecule has 208 valence electrons. The molecule has 0 spiro atoms. The molecule has 1 fully saturated rings. The van der Waals surface area contributed by atoms with Gasteiger partial charge in [0, 0.05) is 12.6 Å². The number of anilines is 1. The standard InChI is InChI=1S/C34H32N2O5/c1-39-32-22-26(12-15-31(32)40-21-20-35-18-16-25(17-19-35)24-8-4-2-5-9-24)36-33(37)29-14-13-28(23-30(29)34(36)38)41-27-10-6-3-7-11-27/h2-15,22-23,25H,16-21H2,1H3. The molecular formula is C34H32N2O5. The number of ether oxygens (including phenoxy) is 3. The molecule has 2 aliphatic rings. The first-order valence-corrected chi connectivity index (χ1v) is 13.9. The Morgan fingerprint density at radius 3 is 2.17 bits per heavy atom. The Labute approximate surface area is 239 Å². The topological polar surface area (TPSA) is 68.3 Å². The van der Waals surface area contributed by atoms with E-state index < -0.39 is 5.91 Å². The number of hydrogen-bond acceptors (Lipinski definition) is 6. The predicted octanol–water partition coefficient (Wildman–Crippen LogP) is 6.55. The third-order valence-corrected chi connectivity index (χ3v) is 7.77. The van der Waals surface area contributed by atoms with Crippen molar-refractivity contribution in [2.75, 3.05) is 38.3 Å². The fourth-order valence-electron chi connectivity index (χ4n) is 5.56. The van der Waals surface area contributed by atoms with Crippen LogP contribution in [-0.2, 0) is 0 Å². The number of rotatable bonds is 9. The largest absolute Gasteiger partial charge is 0.493 e. The van der Waals surface area contributed by atoms with Crippen molar-refractivity contribution < 1.29 is 23.8 Å². The molecule has 6 rings (SSSR count). The second-order valence-corrected chi connectivity index (χ2v) is 10.3. The van der Waals surface area contributed by atoms with Gasteiger partial charge in [0.1, 0.15) is 18.1 Å². The monoisotopic (exact) mass is 548 g/mol. The second kappa shape index (κ2) is 11.9. The van der Waals surface area contributed by atoms with Gasteiger partial charge in [-0.1, -0.05) is 48.5 Å². The maximum atomic E-state index is 13.3. The van der Waals surface area contributed by atoms with E-state index in [-0.39, 0.29) is 5.91 Å². The Balaban J connectivity index is 1.08. The minimum Gasteiger partial charge on any atom is -0.493 e. The van der Waals surface area contributed by atoms with Crippen LogP contribution in [0.4, 0.5) is 5.69 Å². The minimum atomic E-state index is -0.405. The van der Waals surface area contributed by atoms with Crippen LogP contribution in [0.15, 0.2) is 97.1 Å². The highest BCUT2D eigenvalue weighted by atomic mass is 16.5. The van der Waals surface area contributed by atoms with Gasteiger partial charge in [-0.2, -0.15) is 0 Å². The molecule has 4 aromatic rings. The molecule has 7 nitrogen and oxygen atoms in total. The van der Waals surface area contributed by atoms with Gasteiger partial charge in [0.05, 0.1) is 23.9 Å². The Bertz CT molecular complexity index is 1530. The molecular weight excluding hydrogens is 516 g/mol. The van der Waals surface area contributed by atoms with Gasteiger partial charge in [0.15, 0.2) is 11.5 Å². The lowest BCUT2D eigenvalue weighted by molar-refractivity contribution is 0.0926. The average Bonchev–Trinajstić information content (AvgIpc) is 3.27. The molecule has 41 heavy (non-hydrogen) atoms. The minimum absolute atomic E-state index is 0.304. The van der Waals surface area contributed by atoms with E-state index in [1.807, 2.05) is 30.3 Å². The highest BCUT2D eigenvalue weighted by Crippen LogP contribution is 2.37. The number of amides is 2. The highest BCUT2D eigenvalue weighted by molar-refractivity contribution is 6.34. The van der Waals surface area contributed by atoms with E-state index in [9.17, 15) is 9.59 Å². The Hall–Kier alpha value is -4.62. The number of benzene rings is 4. The molecule has 0 bridgehead atoms. The third-order valence-electron chi connectivity index (χ3n) is 7.77. The Kier molecular flexibility index (Phi) is 7.69. The van der Waals surface area contributed by atoms with E-state index >= 15 is 0 Å². The molecule has 0 aliphatic carbocycles. The van der Waals surface area contributed by atoms with E-state index in [2.05, 4.69) is 35.2 Å². The first kappa shape index (κ1) is 26.6. The van der Waals surface area contributed by atoms with Crippen LogP contribution >= 0.6 is 0 Å². The van der Waals surface area contributed by atoms with Gasteiger partial charge >= 0.3 is 0 Å². The molecule has 0 saturated carbocycles. The van der Waals surface area contributed by atoms with Crippen LogP contribution in [0.5, 0.6) is 23.0 Å². The molecule has 7 heteroatoms. The summed E-state index contributed by atoms with van der Waals surface area (Å²) in [7, 11) is 1.55. The maximum absolute atomic E-state index is 13.3. The number of hydrogen-bond donors (Lipinski definition) is 0. The van der Waals surface area contributed by atoms with Gasteiger partial charge in [-0.05, 0) is 79.9 Å². The Morgan fingerprint density at radius 2 is 1.44 bits per heavy atom. The molecule has 4 aromatic carbocycles. The second-order valence-electron chi connectivity index (χ2n) is 10.3. The van der Waals surface area contributed by atoms with Gasteiger partial charge < -0.3 is 14.2 Å². The zero-order valence-electron chi connectivity index (χ0n) is 23.0. The molecule has 2 aliphatic heterocycles. The van der Waals surface area contributed by atoms with Crippen LogP contribution in [0, 0.1) is 0 Å². The van der Waals surface area contributed by atoms with E-state index in [0.29, 0.717) is 52.3 Å². The normalized spacial score (nSPS) is 15.6. The summed E-state index contributed by atoms with van der Waals surface area (Å²) in [6.45, 7) is 3.41. The first-order chi connectivity index (χ1) is 20.1. The van der Waals surface area contributed by atoms with Crippen LogP contribution < -0.4 is 19.1 Å². The summed E-state index contributed by atoms with van der Waals surface area (Å²) >= 11 is 0. The number of para-hydroxylation sites is 1. The zero-order valence-corrected chi connectivity index (χ0v) is 23.0. The highest BCUT2D eigenvalue weighted by Gasteiger charge is 2.37. The fraction of sp³-hybridized carbons (Fsp3) is 0.235. The number of carbonyl (C=O) groups is 2. The summed E-state index contributed by atoms with van der Waals surface area (Å²) in [5, 5.41) is 0. The summed E-state index contributed by atoms with van der Waals surface area (Å²) in [5.74, 6) is 2.01. The van der Waals surface area contributed by atoms with Crippen LogP contribution in [0.2, 0.25) is 0 Å². The molecule has 2 heterocycles. The van der Waals surface area contributed by atoms with Gasteiger partial charge in [-0.25, -0.2) is 4.90 Å². The van der Waals surface area contributed by atoms with E-state index in [1.165, 1.54) is 10.5 Å². The van der Waals surface area contributed by atoms with Gasteiger partial charge in [0.2, 0.25) is 0 Å². The van der Waals surface area contributed by atoms with Crippen molar-refractivity contribution >= 4 is 17.5 Å². The number of fused-ring (bicyclic) bond motifs is 1. The maximum Gasteiger partial charge on any atom is 0.266 e. The lowest BCUT2D eigenvalue weighted by atomic mass is 9.89. The predicted molar refractivity (Wildman–Crippen MR) is 157 cm³/mol. The van der Waals surface area contributed by atoms with Crippen molar-refractivity contribution in [2.24, 2.45) is 0 Å². The number of piperidine rings is 1. The summed E-state index contributed by atoms with van der Waals surface area (Å²) in [6, 6.07) is 30.1. The number of carbonyl (C=O) groups excluding carboxylic acids is 2. The van der Waals surface area contributed by atoms with Crippen molar-refractivity contribution in [3.05, 3.63) is 114 Å². The number of imide groups is 1. The summed E-state index contributed by atoms with van der Waals surface area (Å²) in [5.41, 5.74) is 2.49. The van der Waals surface area contributed by atoms with Crippen molar-refractivity contribution in [1.29, 1.82) is 0 Å². The molecule has 1 saturated heterocycles. The van der Waals surface area contributed by atoms with E-state index in [0.717, 1.165) is 32.5 Å². The summed E-state index contributed by atoms with van der Waals surface area (Å²) in [4.78, 5) is 30.1. The SMILES string of the molecule is COc1cc(N2C(=O)c3ccc(Oc4ccccc4)cc3C2=O)ccc1OCCN1CCC(c2ccccc2)CC1. The van der Waals surface area contributed by atoms with Crippen molar-refractivity contribution in [2.45, 2.75) is 18.8 Å². The molecule has 0 N–H and O–H groups in total. The Morgan fingerprint density at radius 1 is 0.732 bits per heavy atom. The first-order valence-electron chi connectivity index (χ1n) is 13.9. The van der Waals surface area contributed by atoms with Crippen LogP contribution in [0.1, 0.15) is 45.0 Å². The van der Waals surface area contributed by atoms with Gasteiger partial charge in [-0.15, -0.1) is 0 Å². The van der Waals surface area contributed by atoms with Crippen LogP contribution in [0.3, 0.4) is 0 Å². The lowest BCUT2D eigenvalue weighted by Gasteiger charge is -2.32. The number of likely N-dealkylation sites (tertiary alicyclic amines) is 1.